The first kappa shape index (κ1) is 22.6. The van der Waals surface area contributed by atoms with Crippen LogP contribution in [0.25, 0.3) is 22.3 Å². The number of para-hydroxylation sites is 1. The maximum Gasteiger partial charge on any atom is 0.192 e. The number of pyridine rings is 1. The van der Waals surface area contributed by atoms with Gasteiger partial charge in [-0.3, -0.25) is 14.3 Å². The van der Waals surface area contributed by atoms with Crippen LogP contribution in [0.15, 0.2) is 90.5 Å². The zero-order valence-electron chi connectivity index (χ0n) is 18.9. The van der Waals surface area contributed by atoms with Gasteiger partial charge in [-0.15, -0.1) is 10.2 Å². The number of fused-ring (bicyclic) bond motifs is 1. The summed E-state index contributed by atoms with van der Waals surface area (Å²) in [5, 5.41) is 19.4. The van der Waals surface area contributed by atoms with E-state index in [0.29, 0.717) is 36.1 Å². The quantitative estimate of drug-likeness (QED) is 0.213. The van der Waals surface area contributed by atoms with Gasteiger partial charge in [0.25, 0.3) is 0 Å². The zero-order chi connectivity index (χ0) is 24.0. The minimum absolute atomic E-state index is 0.0131. The Morgan fingerprint density at radius 3 is 2.63 bits per heavy atom. The molecule has 0 bridgehead atoms. The van der Waals surface area contributed by atoms with Crippen molar-refractivity contribution in [2.45, 2.75) is 24.7 Å². The van der Waals surface area contributed by atoms with E-state index in [1.54, 1.807) is 12.4 Å². The fourth-order valence-electron chi connectivity index (χ4n) is 4.04. The van der Waals surface area contributed by atoms with Crippen molar-refractivity contribution in [1.29, 1.82) is 5.26 Å². The second-order valence-corrected chi connectivity index (χ2v) is 8.94. The van der Waals surface area contributed by atoms with Gasteiger partial charge in [0.05, 0.1) is 24.8 Å². The molecule has 0 spiro atoms. The van der Waals surface area contributed by atoms with Crippen molar-refractivity contribution in [3.8, 4) is 17.5 Å². The van der Waals surface area contributed by atoms with E-state index in [9.17, 15) is 4.79 Å². The van der Waals surface area contributed by atoms with Crippen molar-refractivity contribution in [2.75, 3.05) is 5.75 Å². The maximum atomic E-state index is 13.3. The van der Waals surface area contributed by atoms with Gasteiger partial charge < -0.3 is 4.57 Å². The molecular weight excluding hydrogens is 456 g/mol. The molecule has 3 heterocycles. The number of nitriles is 1. The molecule has 0 fully saturated rings. The molecule has 0 N–H and O–H groups in total. The van der Waals surface area contributed by atoms with Gasteiger partial charge in [-0.1, -0.05) is 60.3 Å². The van der Waals surface area contributed by atoms with Crippen LogP contribution in [0, 0.1) is 11.3 Å². The van der Waals surface area contributed by atoms with Crippen molar-refractivity contribution in [3.05, 3.63) is 96.4 Å². The lowest BCUT2D eigenvalue weighted by Crippen LogP contribution is -2.07. The number of ketones is 1. The second kappa shape index (κ2) is 10.4. The molecule has 5 aromatic rings. The Balaban J connectivity index is 1.42. The summed E-state index contributed by atoms with van der Waals surface area (Å²) in [6.45, 7) is 1.14. The van der Waals surface area contributed by atoms with Crippen molar-refractivity contribution >= 4 is 28.4 Å². The summed E-state index contributed by atoms with van der Waals surface area (Å²) in [4.78, 5) is 17.5. The van der Waals surface area contributed by atoms with Gasteiger partial charge in [-0.2, -0.15) is 5.26 Å². The van der Waals surface area contributed by atoms with Crippen LogP contribution in [0.4, 0.5) is 0 Å². The summed E-state index contributed by atoms with van der Waals surface area (Å²) in [5.74, 6) is 0.954. The number of hydrogen-bond acceptors (Lipinski definition) is 6. The lowest BCUT2D eigenvalue weighted by molar-refractivity contribution is 0.102. The summed E-state index contributed by atoms with van der Waals surface area (Å²) < 4.78 is 4.01. The highest BCUT2D eigenvalue weighted by Crippen LogP contribution is 2.27. The lowest BCUT2D eigenvalue weighted by atomic mass is 10.1. The van der Waals surface area contributed by atoms with Crippen molar-refractivity contribution in [2.24, 2.45) is 0 Å². The van der Waals surface area contributed by atoms with E-state index in [4.69, 9.17) is 5.26 Å². The van der Waals surface area contributed by atoms with Crippen molar-refractivity contribution in [3.63, 3.8) is 0 Å². The summed E-state index contributed by atoms with van der Waals surface area (Å²) in [7, 11) is 0. The molecule has 172 valence electrons. The number of aryl methyl sites for hydroxylation is 1. The third-order valence-electron chi connectivity index (χ3n) is 5.71. The van der Waals surface area contributed by atoms with Gasteiger partial charge in [-0.05, 0) is 23.8 Å². The fourth-order valence-corrected chi connectivity index (χ4v) is 4.87. The van der Waals surface area contributed by atoms with Gasteiger partial charge in [0.15, 0.2) is 16.8 Å². The van der Waals surface area contributed by atoms with Crippen LogP contribution in [0.3, 0.4) is 0 Å². The van der Waals surface area contributed by atoms with E-state index in [-0.39, 0.29) is 11.5 Å². The third-order valence-corrected chi connectivity index (χ3v) is 6.67. The number of Topliss-reactive ketones (excluding diaryl/α,β-unsaturated/α-hetero) is 1. The molecule has 0 radical (unpaired) electrons. The molecule has 0 saturated heterocycles. The highest BCUT2D eigenvalue weighted by molar-refractivity contribution is 7.99. The van der Waals surface area contributed by atoms with E-state index in [1.165, 1.54) is 11.8 Å². The number of benzene rings is 2. The Morgan fingerprint density at radius 1 is 1.00 bits per heavy atom. The van der Waals surface area contributed by atoms with Gasteiger partial charge in [0, 0.05) is 47.2 Å². The molecule has 0 saturated carbocycles. The monoisotopic (exact) mass is 478 g/mol. The largest absolute Gasteiger partial charge is 0.346 e. The van der Waals surface area contributed by atoms with E-state index < -0.39 is 0 Å². The number of carbonyl (C=O) groups excluding carboxylic acids is 1. The smallest absolute Gasteiger partial charge is 0.192 e. The number of aromatic nitrogens is 5. The van der Waals surface area contributed by atoms with Crippen molar-refractivity contribution < 1.29 is 4.79 Å². The number of hydrogen-bond donors (Lipinski definition) is 0. The minimum atomic E-state index is 0.0131. The Morgan fingerprint density at radius 2 is 1.83 bits per heavy atom. The first-order valence-corrected chi connectivity index (χ1v) is 12.2. The molecule has 8 heteroatoms. The van der Waals surface area contributed by atoms with Gasteiger partial charge >= 0.3 is 0 Å². The average molecular weight is 479 g/mol. The predicted molar refractivity (Wildman–Crippen MR) is 136 cm³/mol. The summed E-state index contributed by atoms with van der Waals surface area (Å²) in [6, 6.07) is 23.9. The van der Waals surface area contributed by atoms with Crippen LogP contribution >= 0.6 is 11.8 Å². The fraction of sp³-hybridized carbons (Fsp3) is 0.148. The zero-order valence-corrected chi connectivity index (χ0v) is 19.7. The molecule has 5 rings (SSSR count). The van der Waals surface area contributed by atoms with Crippen LogP contribution in [0.5, 0.6) is 0 Å². The second-order valence-electron chi connectivity index (χ2n) is 7.99. The molecule has 0 aliphatic heterocycles. The highest BCUT2D eigenvalue weighted by atomic mass is 32.2. The minimum Gasteiger partial charge on any atom is -0.346 e. The first-order chi connectivity index (χ1) is 17.2. The SMILES string of the molecule is N#CCCn1cc(C(=O)CSc2nnc(-c3cccnc3)n2Cc2ccccc2)c2ccccc21. The Kier molecular flexibility index (Phi) is 6.68. The van der Waals surface area contributed by atoms with Crippen LogP contribution in [-0.2, 0) is 13.1 Å². The number of carbonyl (C=O) groups is 1. The topological polar surface area (TPSA) is 89.4 Å². The van der Waals surface area contributed by atoms with E-state index in [0.717, 1.165) is 22.0 Å². The molecule has 2 aromatic carbocycles. The Bertz CT molecular complexity index is 1500. The molecule has 0 atom stereocenters. The summed E-state index contributed by atoms with van der Waals surface area (Å²) >= 11 is 1.38. The molecule has 0 unspecified atom stereocenters. The van der Waals surface area contributed by atoms with Gasteiger partial charge in [0.1, 0.15) is 0 Å². The van der Waals surface area contributed by atoms with E-state index in [2.05, 4.69) is 33.4 Å². The summed E-state index contributed by atoms with van der Waals surface area (Å²) in [6.07, 6.45) is 5.74. The molecule has 3 aromatic heterocycles. The normalized spacial score (nSPS) is 10.9. The maximum absolute atomic E-state index is 13.3. The Labute approximate surface area is 207 Å². The van der Waals surface area contributed by atoms with Crippen LogP contribution in [-0.4, -0.2) is 35.9 Å². The number of thioether (sulfide) groups is 1. The lowest BCUT2D eigenvalue weighted by Gasteiger charge is -2.10. The molecule has 35 heavy (non-hydrogen) atoms. The number of nitrogens with zero attached hydrogens (tertiary/aromatic N) is 6. The summed E-state index contributed by atoms with van der Waals surface area (Å²) in [5.41, 5.74) is 3.61. The van der Waals surface area contributed by atoms with Crippen LogP contribution in [0.2, 0.25) is 0 Å². The predicted octanol–water partition coefficient (Wildman–Crippen LogP) is 5.23. The van der Waals surface area contributed by atoms with Crippen molar-refractivity contribution in [1.82, 2.24) is 24.3 Å². The molecule has 7 nitrogen and oxygen atoms in total. The van der Waals surface area contributed by atoms with Gasteiger partial charge in [-0.25, -0.2) is 0 Å². The first-order valence-electron chi connectivity index (χ1n) is 11.2. The van der Waals surface area contributed by atoms with Gasteiger partial charge in [0.2, 0.25) is 0 Å². The molecular formula is C27H22N6OS. The highest BCUT2D eigenvalue weighted by Gasteiger charge is 2.19. The molecule has 0 amide bonds. The van der Waals surface area contributed by atoms with E-state index in [1.807, 2.05) is 69.9 Å². The Hall–Kier alpha value is -4.22. The third kappa shape index (κ3) is 4.86. The van der Waals surface area contributed by atoms with E-state index >= 15 is 0 Å². The number of rotatable bonds is 9. The molecule has 0 aliphatic rings. The average Bonchev–Trinajstić information content (AvgIpc) is 3.48. The molecule has 0 aliphatic carbocycles. The standard InChI is InChI=1S/C27H22N6OS/c28-13-7-15-32-18-23(22-11-4-5-12-24(22)32)25(34)19-35-27-31-30-26(21-10-6-14-29-16-21)33(27)17-20-8-2-1-3-9-20/h1-6,8-12,14,16,18H,7,15,17,19H2. The van der Waals surface area contributed by atoms with Crippen LogP contribution in [0.1, 0.15) is 22.3 Å². The van der Waals surface area contributed by atoms with Crippen LogP contribution < -0.4 is 0 Å².